The van der Waals surface area contributed by atoms with Crippen LogP contribution >= 0.6 is 11.3 Å². The van der Waals surface area contributed by atoms with Crippen LogP contribution in [-0.4, -0.2) is 53.7 Å². The van der Waals surface area contributed by atoms with Gasteiger partial charge in [0.25, 0.3) is 0 Å². The van der Waals surface area contributed by atoms with Crippen molar-refractivity contribution in [2.24, 2.45) is 11.8 Å². The van der Waals surface area contributed by atoms with E-state index < -0.39 is 57.3 Å². The van der Waals surface area contributed by atoms with Crippen LogP contribution in [0.4, 0.5) is 9.80 Å². The Bertz CT molecular complexity index is 1330. The van der Waals surface area contributed by atoms with Crippen molar-refractivity contribution in [3.05, 3.63) is 40.8 Å². The summed E-state index contributed by atoms with van der Waals surface area (Å²) in [6.45, 7) is 9.05. The number of benzene rings is 1. The average molecular weight is 596 g/mol. The molecule has 220 valence electrons. The maximum atomic E-state index is 12.8. The first-order chi connectivity index (χ1) is 18.6. The van der Waals surface area contributed by atoms with Crippen LogP contribution in [-0.2, 0) is 37.4 Å². The normalized spacial score (nSPS) is 13.2. The van der Waals surface area contributed by atoms with Gasteiger partial charge in [0.1, 0.15) is 5.00 Å². The summed E-state index contributed by atoms with van der Waals surface area (Å²) in [5.74, 6) is -3.62. The molecule has 13 heteroatoms. The molecule has 5 N–H and O–H groups in total. The average Bonchev–Trinajstić information content (AvgIpc) is 3.23. The van der Waals surface area contributed by atoms with E-state index in [1.165, 1.54) is 11.3 Å². The largest absolute Gasteiger partial charge is 0.481 e. The molecule has 0 fully saturated rings. The fourth-order valence-electron chi connectivity index (χ4n) is 4.17. The van der Waals surface area contributed by atoms with E-state index in [2.05, 4.69) is 15.4 Å². The van der Waals surface area contributed by atoms with Crippen molar-refractivity contribution in [3.8, 4) is 11.1 Å². The molecule has 1 atom stereocenters. The van der Waals surface area contributed by atoms with E-state index in [0.29, 0.717) is 34.0 Å². The molecule has 40 heavy (non-hydrogen) atoms. The summed E-state index contributed by atoms with van der Waals surface area (Å²) in [6, 6.07) is 8.80. The van der Waals surface area contributed by atoms with Gasteiger partial charge in [-0.25, -0.2) is 4.79 Å². The summed E-state index contributed by atoms with van der Waals surface area (Å²) in [5.41, 5.74) is -0.0332. The minimum Gasteiger partial charge on any atom is -0.481 e. The van der Waals surface area contributed by atoms with Gasteiger partial charge < -0.3 is 15.5 Å². The zero-order chi connectivity index (χ0) is 30.3. The Morgan fingerprint density at radius 1 is 1.00 bits per heavy atom. The van der Waals surface area contributed by atoms with Crippen LogP contribution in [0.3, 0.4) is 0 Å². The van der Waals surface area contributed by atoms with Crippen LogP contribution in [0.15, 0.2) is 30.3 Å². The highest BCUT2D eigenvalue weighted by Gasteiger charge is 2.48. The lowest BCUT2D eigenvalue weighted by molar-refractivity contribution is -0.154. The fraction of sp³-hybridized carbons (Fsp3) is 0.481. The van der Waals surface area contributed by atoms with Gasteiger partial charge in [-0.15, -0.1) is 11.3 Å². The molecule has 2 aromatic rings. The molecular weight excluding hydrogens is 558 g/mol. The minimum absolute atomic E-state index is 0.0164. The predicted octanol–water partition coefficient (Wildman–Crippen LogP) is 4.09. The lowest BCUT2D eigenvalue weighted by atomic mass is 9.80. The van der Waals surface area contributed by atoms with Gasteiger partial charge in [-0.1, -0.05) is 52.0 Å². The molecule has 0 saturated heterocycles. The van der Waals surface area contributed by atoms with E-state index in [0.717, 1.165) is 4.88 Å². The Kier molecular flexibility index (Phi) is 11.4. The second-order valence-electron chi connectivity index (χ2n) is 10.1. The molecule has 1 unspecified atom stereocenters. The first-order valence-electron chi connectivity index (χ1n) is 12.9. The highest BCUT2D eigenvalue weighted by atomic mass is 32.2. The number of rotatable bonds is 15. The monoisotopic (exact) mass is 595 g/mol. The topological polar surface area (TPSA) is 179 Å². The summed E-state index contributed by atoms with van der Waals surface area (Å²) >= 11 is 1.25. The predicted molar refractivity (Wildman–Crippen MR) is 154 cm³/mol. The number of carbonyl (C=O) groups excluding carboxylic acids is 2. The van der Waals surface area contributed by atoms with E-state index in [1.54, 1.807) is 45.0 Å². The number of ketones is 1. The van der Waals surface area contributed by atoms with Gasteiger partial charge in [0.05, 0.1) is 6.42 Å². The number of hydrogen-bond acceptors (Lipinski definition) is 8. The molecule has 0 saturated carbocycles. The Morgan fingerprint density at radius 3 is 2.12 bits per heavy atom. The van der Waals surface area contributed by atoms with E-state index in [1.807, 2.05) is 19.9 Å². The van der Waals surface area contributed by atoms with Crippen molar-refractivity contribution in [3.63, 3.8) is 0 Å². The number of anilines is 1. The highest BCUT2D eigenvalue weighted by Crippen LogP contribution is 2.38. The third kappa shape index (κ3) is 8.12. The summed E-state index contributed by atoms with van der Waals surface area (Å²) in [5, 5.41) is 23.2. The summed E-state index contributed by atoms with van der Waals surface area (Å²) in [7, 11) is -4.31. The zero-order valence-corrected chi connectivity index (χ0v) is 24.9. The van der Waals surface area contributed by atoms with Gasteiger partial charge in [0.15, 0.2) is 11.3 Å². The fourth-order valence-corrected chi connectivity index (χ4v) is 6.59. The lowest BCUT2D eigenvalue weighted by Gasteiger charge is -2.33. The number of aliphatic carboxylic acids is 2. The zero-order valence-electron chi connectivity index (χ0n) is 23.2. The molecular formula is C27H37N3O8S2. The van der Waals surface area contributed by atoms with Crippen molar-refractivity contribution in [1.82, 2.24) is 10.6 Å². The second-order valence-corrected chi connectivity index (χ2v) is 12.8. The highest BCUT2D eigenvalue weighted by molar-refractivity contribution is 8.07. The van der Waals surface area contributed by atoms with E-state index >= 15 is 0 Å². The summed E-state index contributed by atoms with van der Waals surface area (Å²) in [6.07, 6.45) is -0.175. The number of carboxylic acid groups (broad SMARTS) is 2. The molecule has 11 nitrogen and oxygen atoms in total. The van der Waals surface area contributed by atoms with Crippen molar-refractivity contribution in [2.75, 3.05) is 11.3 Å². The standard InChI is InChI=1S/C27H37N3O8S2/c1-6-28-26(36)40(37,38)30-24-21(14-20(39-24)13-16(2)3)19-9-7-18(8-10-19)15-29-27(17(4)5,25(34)35)22(31)11-12-23(32)33/h7-10,14,16-17,29-30H,6,11-13,15H2,1-5H3,(H,28,36)(H,32,33)(H,34,35). The number of carbonyl (C=O) groups is 4. The number of thiophene rings is 1. The summed E-state index contributed by atoms with van der Waals surface area (Å²) < 4.78 is 27.5. The van der Waals surface area contributed by atoms with Crippen molar-refractivity contribution in [1.29, 1.82) is 0 Å². The maximum absolute atomic E-state index is 12.8. The van der Waals surface area contributed by atoms with Crippen LogP contribution in [0.2, 0.25) is 0 Å². The minimum atomic E-state index is -4.31. The van der Waals surface area contributed by atoms with Crippen LogP contribution in [0, 0.1) is 11.8 Å². The molecule has 0 bridgehead atoms. The van der Waals surface area contributed by atoms with Crippen molar-refractivity contribution >= 4 is 49.3 Å². The molecule has 0 spiro atoms. The molecule has 0 aliphatic rings. The van der Waals surface area contributed by atoms with Crippen LogP contribution in [0.5, 0.6) is 0 Å². The Hall–Kier alpha value is -3.29. The molecule has 1 amide bonds. The van der Waals surface area contributed by atoms with Gasteiger partial charge in [0, 0.05) is 30.0 Å². The van der Waals surface area contributed by atoms with E-state index in [9.17, 15) is 32.7 Å². The number of Topliss-reactive ketones (excluding diaryl/α,β-unsaturated/α-hetero) is 1. The van der Waals surface area contributed by atoms with E-state index in [4.69, 9.17) is 5.11 Å². The molecule has 0 radical (unpaired) electrons. The van der Waals surface area contributed by atoms with Crippen LogP contribution < -0.4 is 15.4 Å². The molecule has 0 aliphatic carbocycles. The van der Waals surface area contributed by atoms with Crippen molar-refractivity contribution < 1.29 is 37.8 Å². The number of nitrogens with one attached hydrogen (secondary N) is 3. The second kappa shape index (κ2) is 13.9. The maximum Gasteiger partial charge on any atom is 0.357 e. The molecule has 1 aromatic carbocycles. The number of hydrogen-bond donors (Lipinski definition) is 5. The third-order valence-electron chi connectivity index (χ3n) is 6.23. The quantitative estimate of drug-likeness (QED) is 0.190. The van der Waals surface area contributed by atoms with Gasteiger partial charge in [-0.2, -0.15) is 8.42 Å². The van der Waals surface area contributed by atoms with Gasteiger partial charge in [-0.3, -0.25) is 24.4 Å². The first-order valence-corrected chi connectivity index (χ1v) is 15.2. The smallest absolute Gasteiger partial charge is 0.357 e. The van der Waals surface area contributed by atoms with Crippen molar-refractivity contribution in [2.45, 2.75) is 66.0 Å². The SMILES string of the molecule is CCNC(=O)S(=O)(=O)Nc1sc(CC(C)C)cc1-c1ccc(CNC(C(=O)O)(C(=O)CCC(=O)O)C(C)C)cc1. The number of amides is 1. The van der Waals surface area contributed by atoms with Gasteiger partial charge in [-0.05, 0) is 42.4 Å². The van der Waals surface area contributed by atoms with E-state index in [-0.39, 0.29) is 13.1 Å². The third-order valence-corrected chi connectivity index (χ3v) is 8.54. The lowest BCUT2D eigenvalue weighted by Crippen LogP contribution is -2.61. The molecule has 2 rings (SSSR count). The Morgan fingerprint density at radius 2 is 1.62 bits per heavy atom. The number of sulfonamides is 1. The Labute approximate surface area is 238 Å². The van der Waals surface area contributed by atoms with Crippen LogP contribution in [0.1, 0.15) is 57.9 Å². The van der Waals surface area contributed by atoms with Crippen LogP contribution in [0.25, 0.3) is 11.1 Å². The van der Waals surface area contributed by atoms with Gasteiger partial charge in [0.2, 0.25) is 0 Å². The van der Waals surface area contributed by atoms with Gasteiger partial charge >= 0.3 is 27.2 Å². The molecule has 1 aromatic heterocycles. The number of carboxylic acids is 2. The first kappa shape index (κ1) is 32.9. The Balaban J connectivity index is 2.36. The molecule has 1 heterocycles. The summed E-state index contributed by atoms with van der Waals surface area (Å²) in [4.78, 5) is 49.0. The molecule has 0 aliphatic heterocycles.